The van der Waals surface area contributed by atoms with E-state index in [1.165, 1.54) is 37.0 Å². The quantitative estimate of drug-likeness (QED) is 0.805. The Hall–Kier alpha value is -1.59. The van der Waals surface area contributed by atoms with Crippen LogP contribution in [0.2, 0.25) is 0 Å². The lowest BCUT2D eigenvalue weighted by atomic mass is 9.85. The number of hydrogen-bond acceptors (Lipinski definition) is 3. The Balaban J connectivity index is 1.56. The fraction of sp³-hybridized carbons (Fsp3) is 0.833. The number of piperidine rings is 1. The Labute approximate surface area is 143 Å². The van der Waals surface area contributed by atoms with E-state index in [1.54, 1.807) is 0 Å². The lowest BCUT2D eigenvalue weighted by Crippen LogP contribution is -2.56. The third-order valence-electron chi connectivity index (χ3n) is 5.87. The molecule has 0 unspecified atom stereocenters. The molecule has 3 fully saturated rings. The largest absolute Gasteiger partial charge is 0.342 e. The van der Waals surface area contributed by atoms with E-state index >= 15 is 0 Å². The molecular formula is C18H29N3O3. The third kappa shape index (κ3) is 3.15. The summed E-state index contributed by atoms with van der Waals surface area (Å²) < 4.78 is 0. The van der Waals surface area contributed by atoms with Gasteiger partial charge in [-0.05, 0) is 45.4 Å². The molecule has 0 aromatic carbocycles. The van der Waals surface area contributed by atoms with E-state index in [1.807, 2.05) is 18.7 Å². The fourth-order valence-corrected chi connectivity index (χ4v) is 4.35. The van der Waals surface area contributed by atoms with Crippen LogP contribution in [-0.2, 0) is 9.59 Å². The summed E-state index contributed by atoms with van der Waals surface area (Å²) in [6, 6.07) is -0.431. The Morgan fingerprint density at radius 3 is 2.33 bits per heavy atom. The number of urea groups is 1. The van der Waals surface area contributed by atoms with Crippen LogP contribution < -0.4 is 5.32 Å². The topological polar surface area (TPSA) is 69.7 Å². The molecule has 1 aliphatic carbocycles. The molecule has 0 radical (unpaired) electrons. The molecule has 2 aliphatic heterocycles. The van der Waals surface area contributed by atoms with E-state index in [0.29, 0.717) is 38.3 Å². The molecule has 134 valence electrons. The number of carbonyl (C=O) groups is 3. The predicted octanol–water partition coefficient (Wildman–Crippen LogP) is 2.28. The van der Waals surface area contributed by atoms with Crippen LogP contribution in [0.15, 0.2) is 0 Å². The highest BCUT2D eigenvalue weighted by atomic mass is 16.2. The molecule has 6 heteroatoms. The average molecular weight is 335 g/mol. The predicted molar refractivity (Wildman–Crippen MR) is 90.3 cm³/mol. The van der Waals surface area contributed by atoms with Gasteiger partial charge in [-0.2, -0.15) is 0 Å². The van der Waals surface area contributed by atoms with Gasteiger partial charge < -0.3 is 10.2 Å². The van der Waals surface area contributed by atoms with E-state index in [0.717, 1.165) is 0 Å². The van der Waals surface area contributed by atoms with Gasteiger partial charge in [0.1, 0.15) is 5.54 Å². The van der Waals surface area contributed by atoms with Crippen LogP contribution in [0.3, 0.4) is 0 Å². The van der Waals surface area contributed by atoms with Crippen molar-refractivity contribution in [3.8, 4) is 0 Å². The fourth-order valence-electron chi connectivity index (χ4n) is 4.35. The number of imide groups is 1. The zero-order chi connectivity index (χ0) is 17.3. The van der Waals surface area contributed by atoms with Crippen LogP contribution in [-0.4, -0.2) is 52.3 Å². The van der Waals surface area contributed by atoms with Gasteiger partial charge in [-0.1, -0.05) is 19.3 Å². The van der Waals surface area contributed by atoms with Crippen LogP contribution in [0, 0.1) is 5.92 Å². The number of hydrogen-bond donors (Lipinski definition) is 1. The molecule has 24 heavy (non-hydrogen) atoms. The van der Waals surface area contributed by atoms with Crippen molar-refractivity contribution in [1.29, 1.82) is 0 Å². The molecule has 0 bridgehead atoms. The summed E-state index contributed by atoms with van der Waals surface area (Å²) in [7, 11) is 0. The minimum Gasteiger partial charge on any atom is -0.342 e. The number of nitrogens with zero attached hydrogens (tertiary/aromatic N) is 2. The molecule has 3 rings (SSSR count). The number of rotatable bonds is 3. The number of likely N-dealkylation sites (tertiary alicyclic amines) is 1. The number of amides is 4. The summed E-state index contributed by atoms with van der Waals surface area (Å²) in [5.74, 6) is 0.627. The van der Waals surface area contributed by atoms with Crippen LogP contribution >= 0.6 is 0 Å². The molecular weight excluding hydrogens is 306 g/mol. The first-order valence-electron chi connectivity index (χ1n) is 9.36. The van der Waals surface area contributed by atoms with Crippen molar-refractivity contribution in [2.45, 2.75) is 76.8 Å². The van der Waals surface area contributed by atoms with Gasteiger partial charge in [0.2, 0.25) is 5.91 Å². The van der Waals surface area contributed by atoms with Gasteiger partial charge in [0.05, 0.1) is 0 Å². The smallest absolute Gasteiger partial charge is 0.325 e. The summed E-state index contributed by atoms with van der Waals surface area (Å²) in [6.45, 7) is 4.81. The molecule has 2 heterocycles. The van der Waals surface area contributed by atoms with E-state index in [9.17, 15) is 14.4 Å². The highest BCUT2D eigenvalue weighted by molar-refractivity contribution is 6.07. The maximum absolute atomic E-state index is 12.7. The molecule has 0 atom stereocenters. The van der Waals surface area contributed by atoms with Crippen molar-refractivity contribution in [1.82, 2.24) is 15.1 Å². The van der Waals surface area contributed by atoms with E-state index in [-0.39, 0.29) is 23.9 Å². The van der Waals surface area contributed by atoms with Crippen molar-refractivity contribution in [3.63, 3.8) is 0 Å². The Morgan fingerprint density at radius 1 is 1.17 bits per heavy atom. The second-order valence-corrected chi connectivity index (χ2v) is 7.87. The van der Waals surface area contributed by atoms with Crippen molar-refractivity contribution < 1.29 is 14.4 Å². The zero-order valence-electron chi connectivity index (χ0n) is 14.8. The lowest BCUT2D eigenvalue weighted by Gasteiger charge is -2.38. The van der Waals surface area contributed by atoms with Crippen LogP contribution in [0.4, 0.5) is 4.79 Å². The standard InChI is InChI=1S/C18H29N3O3/c1-13(2)21-16(23)18(19-17(21)24)8-10-20(11-9-18)15(22)12-14-6-4-3-5-7-14/h13-14H,3-12H2,1-2H3,(H,19,24). The normalized spacial score (nSPS) is 24.8. The van der Waals surface area contributed by atoms with Gasteiger partial charge in [0, 0.05) is 25.6 Å². The van der Waals surface area contributed by atoms with Gasteiger partial charge in [0.15, 0.2) is 0 Å². The molecule has 6 nitrogen and oxygen atoms in total. The Morgan fingerprint density at radius 2 is 1.79 bits per heavy atom. The first-order valence-corrected chi connectivity index (χ1v) is 9.36. The Kier molecular flexibility index (Phi) is 4.83. The second-order valence-electron chi connectivity index (χ2n) is 7.87. The van der Waals surface area contributed by atoms with Crippen LogP contribution in [0.1, 0.15) is 65.2 Å². The van der Waals surface area contributed by atoms with Crippen molar-refractivity contribution >= 4 is 17.8 Å². The summed E-state index contributed by atoms with van der Waals surface area (Å²) in [6.07, 6.45) is 7.81. The first-order chi connectivity index (χ1) is 11.4. The van der Waals surface area contributed by atoms with Gasteiger partial charge in [0.25, 0.3) is 5.91 Å². The highest BCUT2D eigenvalue weighted by Crippen LogP contribution is 2.32. The molecule has 1 spiro atoms. The molecule has 1 saturated carbocycles. The van der Waals surface area contributed by atoms with Crippen molar-refractivity contribution in [2.24, 2.45) is 5.92 Å². The highest BCUT2D eigenvalue weighted by Gasteiger charge is 2.53. The number of nitrogens with one attached hydrogen (secondary N) is 1. The average Bonchev–Trinajstić information content (AvgIpc) is 2.79. The molecule has 1 N–H and O–H groups in total. The maximum Gasteiger partial charge on any atom is 0.325 e. The molecule has 4 amide bonds. The molecule has 3 aliphatic rings. The summed E-state index contributed by atoms with van der Waals surface area (Å²) in [4.78, 5) is 40.5. The molecule has 0 aromatic heterocycles. The van der Waals surface area contributed by atoms with Gasteiger partial charge in [-0.3, -0.25) is 14.5 Å². The lowest BCUT2D eigenvalue weighted by molar-refractivity contribution is -0.139. The third-order valence-corrected chi connectivity index (χ3v) is 5.87. The number of carbonyl (C=O) groups excluding carboxylic acids is 3. The van der Waals surface area contributed by atoms with Crippen molar-refractivity contribution in [2.75, 3.05) is 13.1 Å². The SMILES string of the molecule is CC(C)N1C(=O)NC2(CCN(C(=O)CC3CCCCC3)CC2)C1=O. The minimum absolute atomic E-state index is 0.123. The van der Waals surface area contributed by atoms with Gasteiger partial charge >= 0.3 is 6.03 Å². The van der Waals surface area contributed by atoms with Crippen molar-refractivity contribution in [3.05, 3.63) is 0 Å². The minimum atomic E-state index is -0.789. The monoisotopic (exact) mass is 335 g/mol. The van der Waals surface area contributed by atoms with Gasteiger partial charge in [-0.15, -0.1) is 0 Å². The van der Waals surface area contributed by atoms with E-state index in [2.05, 4.69) is 5.32 Å². The first kappa shape index (κ1) is 17.2. The maximum atomic E-state index is 12.7. The van der Waals surface area contributed by atoms with Crippen LogP contribution in [0.25, 0.3) is 0 Å². The van der Waals surface area contributed by atoms with E-state index in [4.69, 9.17) is 0 Å². The van der Waals surface area contributed by atoms with Crippen LogP contribution in [0.5, 0.6) is 0 Å². The van der Waals surface area contributed by atoms with Gasteiger partial charge in [-0.25, -0.2) is 4.79 Å². The Bertz CT molecular complexity index is 518. The summed E-state index contributed by atoms with van der Waals surface area (Å²) in [5.41, 5.74) is -0.789. The summed E-state index contributed by atoms with van der Waals surface area (Å²) in [5, 5.41) is 2.89. The molecule has 0 aromatic rings. The zero-order valence-corrected chi connectivity index (χ0v) is 14.8. The molecule has 2 saturated heterocycles. The van der Waals surface area contributed by atoms with E-state index < -0.39 is 5.54 Å². The second kappa shape index (κ2) is 6.73. The summed E-state index contributed by atoms with van der Waals surface area (Å²) >= 11 is 0.